The van der Waals surface area contributed by atoms with E-state index in [1.807, 2.05) is 0 Å². The SMILES string of the molecule is CCCCCCCOc1cccc2c1CCN(CCCC(=O)O)CC2. The molecule has 0 amide bonds. The normalized spacial score (nSPS) is 14.8. The van der Waals surface area contributed by atoms with E-state index >= 15 is 0 Å². The Kier molecular flexibility index (Phi) is 8.81. The van der Waals surface area contributed by atoms with E-state index in [-0.39, 0.29) is 6.42 Å². The van der Waals surface area contributed by atoms with E-state index in [0.717, 1.165) is 57.7 Å². The fourth-order valence-electron chi connectivity index (χ4n) is 3.49. The number of nitrogens with zero attached hydrogens (tertiary/aromatic N) is 1. The van der Waals surface area contributed by atoms with E-state index in [2.05, 4.69) is 30.0 Å². The van der Waals surface area contributed by atoms with Crippen LogP contribution < -0.4 is 4.74 Å². The molecule has 25 heavy (non-hydrogen) atoms. The molecule has 1 aromatic carbocycles. The molecular weight excluding hydrogens is 314 g/mol. The van der Waals surface area contributed by atoms with Crippen molar-refractivity contribution in [3.05, 3.63) is 29.3 Å². The summed E-state index contributed by atoms with van der Waals surface area (Å²) >= 11 is 0. The Bertz CT molecular complexity index is 530. The fraction of sp³-hybridized carbons (Fsp3) is 0.667. The van der Waals surface area contributed by atoms with Crippen LogP contribution in [0.15, 0.2) is 18.2 Å². The first kappa shape index (κ1) is 19.8. The van der Waals surface area contributed by atoms with Gasteiger partial charge in [0.25, 0.3) is 0 Å². The first-order chi connectivity index (χ1) is 12.2. The summed E-state index contributed by atoms with van der Waals surface area (Å²) in [5, 5.41) is 8.79. The van der Waals surface area contributed by atoms with Crippen molar-refractivity contribution in [2.45, 2.75) is 64.7 Å². The molecule has 140 valence electrons. The van der Waals surface area contributed by atoms with Gasteiger partial charge in [0.2, 0.25) is 0 Å². The van der Waals surface area contributed by atoms with Crippen molar-refractivity contribution in [3.63, 3.8) is 0 Å². The summed E-state index contributed by atoms with van der Waals surface area (Å²) in [4.78, 5) is 13.1. The molecule has 1 aromatic rings. The third-order valence-corrected chi connectivity index (χ3v) is 4.98. The van der Waals surface area contributed by atoms with Crippen molar-refractivity contribution in [1.29, 1.82) is 0 Å². The molecule has 1 aliphatic rings. The van der Waals surface area contributed by atoms with E-state index in [4.69, 9.17) is 9.84 Å². The van der Waals surface area contributed by atoms with Crippen LogP contribution in [-0.4, -0.2) is 42.2 Å². The third kappa shape index (κ3) is 7.07. The number of rotatable bonds is 11. The summed E-state index contributed by atoms with van der Waals surface area (Å²) in [6, 6.07) is 6.42. The lowest BCUT2D eigenvalue weighted by atomic mass is 10.0. The van der Waals surface area contributed by atoms with Crippen molar-refractivity contribution >= 4 is 5.97 Å². The minimum absolute atomic E-state index is 0.260. The number of hydrogen-bond acceptors (Lipinski definition) is 3. The second-order valence-corrected chi connectivity index (χ2v) is 7.00. The highest BCUT2D eigenvalue weighted by molar-refractivity contribution is 5.66. The van der Waals surface area contributed by atoms with Crippen LogP contribution in [0.25, 0.3) is 0 Å². The summed E-state index contributed by atoms with van der Waals surface area (Å²) in [5.41, 5.74) is 2.75. The van der Waals surface area contributed by atoms with Gasteiger partial charge < -0.3 is 14.7 Å². The Hall–Kier alpha value is -1.55. The van der Waals surface area contributed by atoms with Gasteiger partial charge in [-0.25, -0.2) is 0 Å². The number of carboxylic acids is 1. The van der Waals surface area contributed by atoms with Gasteiger partial charge in [-0.1, -0.05) is 44.7 Å². The highest BCUT2D eigenvalue weighted by atomic mass is 16.5. The van der Waals surface area contributed by atoms with Crippen molar-refractivity contribution < 1.29 is 14.6 Å². The highest BCUT2D eigenvalue weighted by Crippen LogP contribution is 2.26. The van der Waals surface area contributed by atoms with E-state index < -0.39 is 5.97 Å². The quantitative estimate of drug-likeness (QED) is 0.606. The Morgan fingerprint density at radius 3 is 2.72 bits per heavy atom. The molecule has 0 radical (unpaired) electrons. The summed E-state index contributed by atoms with van der Waals surface area (Å²) in [7, 11) is 0. The zero-order valence-electron chi connectivity index (χ0n) is 15.6. The van der Waals surface area contributed by atoms with Gasteiger partial charge >= 0.3 is 5.97 Å². The second kappa shape index (κ2) is 11.1. The highest BCUT2D eigenvalue weighted by Gasteiger charge is 2.17. The average molecular weight is 347 g/mol. The zero-order valence-corrected chi connectivity index (χ0v) is 15.6. The van der Waals surface area contributed by atoms with Crippen LogP contribution in [0.5, 0.6) is 5.75 Å². The molecule has 0 saturated carbocycles. The molecule has 1 N–H and O–H groups in total. The maximum atomic E-state index is 10.7. The molecular formula is C21H33NO3. The predicted molar refractivity (Wildman–Crippen MR) is 101 cm³/mol. The number of carboxylic acid groups (broad SMARTS) is 1. The summed E-state index contributed by atoms with van der Waals surface area (Å²) < 4.78 is 6.09. The van der Waals surface area contributed by atoms with E-state index in [0.29, 0.717) is 0 Å². The molecule has 1 aliphatic heterocycles. The van der Waals surface area contributed by atoms with Crippen molar-refractivity contribution in [3.8, 4) is 5.75 Å². The summed E-state index contributed by atoms with van der Waals surface area (Å²) in [6.45, 7) is 5.91. The first-order valence-electron chi connectivity index (χ1n) is 9.88. The lowest BCUT2D eigenvalue weighted by molar-refractivity contribution is -0.137. The molecule has 4 heteroatoms. The maximum Gasteiger partial charge on any atom is 0.303 e. The van der Waals surface area contributed by atoms with Crippen molar-refractivity contribution in [2.24, 2.45) is 0 Å². The molecule has 1 heterocycles. The molecule has 0 saturated heterocycles. The number of hydrogen-bond donors (Lipinski definition) is 1. The van der Waals surface area contributed by atoms with Gasteiger partial charge in [0.1, 0.15) is 5.75 Å². The topological polar surface area (TPSA) is 49.8 Å². The van der Waals surface area contributed by atoms with Gasteiger partial charge in [0, 0.05) is 19.5 Å². The monoisotopic (exact) mass is 347 g/mol. The van der Waals surface area contributed by atoms with Crippen molar-refractivity contribution in [2.75, 3.05) is 26.2 Å². The smallest absolute Gasteiger partial charge is 0.303 e. The number of ether oxygens (including phenoxy) is 1. The lowest BCUT2D eigenvalue weighted by Gasteiger charge is -2.19. The predicted octanol–water partition coefficient (Wildman–Crippen LogP) is 4.30. The molecule has 0 aliphatic carbocycles. The number of aliphatic carboxylic acids is 1. The van der Waals surface area contributed by atoms with E-state index in [1.165, 1.54) is 36.8 Å². The minimum Gasteiger partial charge on any atom is -0.493 e. The Labute approximate surface area is 152 Å². The minimum atomic E-state index is -0.701. The summed E-state index contributed by atoms with van der Waals surface area (Å²) in [6.07, 6.45) is 9.28. The van der Waals surface area contributed by atoms with Crippen LogP contribution in [0.4, 0.5) is 0 Å². The Morgan fingerprint density at radius 2 is 1.92 bits per heavy atom. The Balaban J connectivity index is 1.82. The van der Waals surface area contributed by atoms with Crippen molar-refractivity contribution in [1.82, 2.24) is 4.90 Å². The molecule has 0 unspecified atom stereocenters. The first-order valence-corrected chi connectivity index (χ1v) is 9.88. The molecule has 0 spiro atoms. The standard InChI is InChI=1S/C21H33NO3/c1-2-3-4-5-6-17-25-20-10-7-9-18-12-15-22(16-13-19(18)20)14-8-11-21(23)24/h7,9-10H,2-6,8,11-17H2,1H3,(H,23,24). The molecule has 0 fully saturated rings. The molecule has 2 rings (SSSR count). The number of fused-ring (bicyclic) bond motifs is 1. The molecule has 4 nitrogen and oxygen atoms in total. The van der Waals surface area contributed by atoms with Gasteiger partial charge in [-0.2, -0.15) is 0 Å². The van der Waals surface area contributed by atoms with E-state index in [1.54, 1.807) is 0 Å². The van der Waals surface area contributed by atoms with Crippen LogP contribution >= 0.6 is 0 Å². The Morgan fingerprint density at radius 1 is 1.12 bits per heavy atom. The fourth-order valence-corrected chi connectivity index (χ4v) is 3.49. The van der Waals surface area contributed by atoms with Gasteiger partial charge in [-0.3, -0.25) is 4.79 Å². The van der Waals surface area contributed by atoms with Gasteiger partial charge in [0.15, 0.2) is 0 Å². The van der Waals surface area contributed by atoms with E-state index in [9.17, 15) is 4.79 Å². The third-order valence-electron chi connectivity index (χ3n) is 4.98. The van der Waals surface area contributed by atoms with Gasteiger partial charge in [0.05, 0.1) is 6.61 Å². The zero-order chi connectivity index (χ0) is 17.9. The van der Waals surface area contributed by atoms with Crippen LogP contribution in [0.1, 0.15) is 63.0 Å². The molecule has 0 bridgehead atoms. The van der Waals surface area contributed by atoms with Crippen LogP contribution in [0.2, 0.25) is 0 Å². The largest absolute Gasteiger partial charge is 0.493 e. The average Bonchev–Trinajstić information content (AvgIpc) is 2.81. The second-order valence-electron chi connectivity index (χ2n) is 7.00. The number of carbonyl (C=O) groups is 1. The van der Waals surface area contributed by atoms with Gasteiger partial charge in [-0.15, -0.1) is 0 Å². The van der Waals surface area contributed by atoms with Crippen LogP contribution in [-0.2, 0) is 17.6 Å². The molecule has 0 aromatic heterocycles. The number of unbranched alkanes of at least 4 members (excludes halogenated alkanes) is 4. The molecule has 0 atom stereocenters. The van der Waals surface area contributed by atoms with Crippen LogP contribution in [0, 0.1) is 0 Å². The van der Waals surface area contributed by atoms with Crippen LogP contribution in [0.3, 0.4) is 0 Å². The lowest BCUT2D eigenvalue weighted by Crippen LogP contribution is -2.27. The maximum absolute atomic E-state index is 10.7. The summed E-state index contributed by atoms with van der Waals surface area (Å²) in [5.74, 6) is 0.355. The van der Waals surface area contributed by atoms with Gasteiger partial charge in [-0.05, 0) is 49.4 Å². The number of benzene rings is 1.